The normalized spacial score (nSPS) is 10.5. The van der Waals surface area contributed by atoms with Crippen molar-refractivity contribution in [2.24, 2.45) is 0 Å². The lowest BCUT2D eigenvalue weighted by Gasteiger charge is -2.09. The van der Waals surface area contributed by atoms with Gasteiger partial charge >= 0.3 is 0 Å². The molecule has 0 aromatic heterocycles. The van der Waals surface area contributed by atoms with Crippen LogP contribution in [0.5, 0.6) is 5.75 Å². The lowest BCUT2D eigenvalue weighted by molar-refractivity contribution is 0.317. The third-order valence-electron chi connectivity index (χ3n) is 3.30. The molecule has 106 valence electrons. The summed E-state index contributed by atoms with van der Waals surface area (Å²) in [6, 6.07) is 16.8. The molecule has 0 fully saturated rings. The van der Waals surface area contributed by atoms with Crippen molar-refractivity contribution >= 4 is 0 Å². The van der Waals surface area contributed by atoms with Crippen LogP contribution in [0.15, 0.2) is 48.5 Å². The lowest BCUT2D eigenvalue weighted by atomic mass is 10.1. The Morgan fingerprint density at radius 2 is 1.70 bits per heavy atom. The Kier molecular flexibility index (Phi) is 5.63. The van der Waals surface area contributed by atoms with Crippen LogP contribution in [0.3, 0.4) is 0 Å². The number of aryl methyl sites for hydroxylation is 1. The van der Waals surface area contributed by atoms with E-state index in [2.05, 4.69) is 55.6 Å². The molecule has 2 heteroatoms. The molecule has 2 aromatic rings. The van der Waals surface area contributed by atoms with Crippen LogP contribution in [-0.2, 0) is 13.1 Å². The first-order chi connectivity index (χ1) is 9.79. The van der Waals surface area contributed by atoms with Crippen LogP contribution < -0.4 is 10.1 Å². The van der Waals surface area contributed by atoms with Gasteiger partial charge in [0.15, 0.2) is 0 Å². The van der Waals surface area contributed by atoms with Crippen LogP contribution >= 0.6 is 0 Å². The van der Waals surface area contributed by atoms with Gasteiger partial charge in [0.25, 0.3) is 0 Å². The molecule has 0 spiro atoms. The average molecular weight is 269 g/mol. The zero-order valence-corrected chi connectivity index (χ0v) is 12.4. The van der Waals surface area contributed by atoms with E-state index >= 15 is 0 Å². The van der Waals surface area contributed by atoms with Crippen molar-refractivity contribution in [1.29, 1.82) is 0 Å². The van der Waals surface area contributed by atoms with Gasteiger partial charge in [-0.15, -0.1) is 0 Å². The summed E-state index contributed by atoms with van der Waals surface area (Å²) >= 11 is 0. The maximum atomic E-state index is 5.58. The Morgan fingerprint density at radius 3 is 2.40 bits per heavy atom. The standard InChI is InChI=1S/C18H23NO/c1-3-12-20-18-10-8-16(9-11-18)13-19-14-17-7-5-4-6-15(17)2/h4-11,19H,3,12-14H2,1-2H3. The zero-order chi connectivity index (χ0) is 14.2. The molecule has 2 aromatic carbocycles. The van der Waals surface area contributed by atoms with Crippen molar-refractivity contribution < 1.29 is 4.74 Å². The molecule has 2 nitrogen and oxygen atoms in total. The fourth-order valence-electron chi connectivity index (χ4n) is 2.07. The number of hydrogen-bond donors (Lipinski definition) is 1. The summed E-state index contributed by atoms with van der Waals surface area (Å²) in [5, 5.41) is 3.48. The van der Waals surface area contributed by atoms with E-state index in [-0.39, 0.29) is 0 Å². The smallest absolute Gasteiger partial charge is 0.119 e. The summed E-state index contributed by atoms with van der Waals surface area (Å²) in [5.74, 6) is 0.953. The number of hydrogen-bond acceptors (Lipinski definition) is 2. The van der Waals surface area contributed by atoms with Crippen LogP contribution in [0.25, 0.3) is 0 Å². The van der Waals surface area contributed by atoms with E-state index in [1.165, 1.54) is 16.7 Å². The van der Waals surface area contributed by atoms with Crippen LogP contribution in [-0.4, -0.2) is 6.61 Å². The Balaban J connectivity index is 1.81. The summed E-state index contributed by atoms with van der Waals surface area (Å²) in [5.41, 5.74) is 3.97. The summed E-state index contributed by atoms with van der Waals surface area (Å²) in [6.45, 7) is 6.83. The highest BCUT2D eigenvalue weighted by Gasteiger charge is 1.98. The summed E-state index contributed by atoms with van der Waals surface area (Å²) < 4.78 is 5.58. The van der Waals surface area contributed by atoms with E-state index in [1.807, 2.05) is 12.1 Å². The lowest BCUT2D eigenvalue weighted by Crippen LogP contribution is -2.13. The highest BCUT2D eigenvalue weighted by Crippen LogP contribution is 2.13. The van der Waals surface area contributed by atoms with Crippen molar-refractivity contribution in [3.05, 3.63) is 65.2 Å². The SMILES string of the molecule is CCCOc1ccc(CNCc2ccccc2C)cc1. The van der Waals surface area contributed by atoms with E-state index in [0.29, 0.717) is 0 Å². The first-order valence-electron chi connectivity index (χ1n) is 7.26. The molecule has 0 aliphatic heterocycles. The molecule has 2 rings (SSSR count). The third kappa shape index (κ3) is 4.39. The highest BCUT2D eigenvalue weighted by molar-refractivity contribution is 5.28. The van der Waals surface area contributed by atoms with E-state index in [4.69, 9.17) is 4.74 Å². The van der Waals surface area contributed by atoms with Crippen LogP contribution in [0.1, 0.15) is 30.0 Å². The molecule has 0 saturated heterocycles. The highest BCUT2D eigenvalue weighted by atomic mass is 16.5. The van der Waals surface area contributed by atoms with Gasteiger partial charge in [-0.25, -0.2) is 0 Å². The van der Waals surface area contributed by atoms with Gasteiger partial charge in [0.2, 0.25) is 0 Å². The van der Waals surface area contributed by atoms with E-state index in [9.17, 15) is 0 Å². The number of ether oxygens (including phenoxy) is 1. The number of nitrogens with one attached hydrogen (secondary N) is 1. The molecule has 0 radical (unpaired) electrons. The molecule has 0 aliphatic rings. The molecular weight excluding hydrogens is 246 g/mol. The topological polar surface area (TPSA) is 21.3 Å². The molecule has 0 atom stereocenters. The van der Waals surface area contributed by atoms with Crippen molar-refractivity contribution in [3.8, 4) is 5.75 Å². The fourth-order valence-corrected chi connectivity index (χ4v) is 2.07. The second-order valence-electron chi connectivity index (χ2n) is 5.02. The molecular formula is C18H23NO. The first-order valence-corrected chi connectivity index (χ1v) is 7.26. The maximum Gasteiger partial charge on any atom is 0.119 e. The number of benzene rings is 2. The van der Waals surface area contributed by atoms with Crippen LogP contribution in [0.4, 0.5) is 0 Å². The van der Waals surface area contributed by atoms with Crippen molar-refractivity contribution in [3.63, 3.8) is 0 Å². The second-order valence-corrected chi connectivity index (χ2v) is 5.02. The number of rotatable bonds is 7. The summed E-state index contributed by atoms with van der Waals surface area (Å²) in [7, 11) is 0. The van der Waals surface area contributed by atoms with Crippen molar-refractivity contribution in [2.45, 2.75) is 33.4 Å². The molecule has 0 unspecified atom stereocenters. The van der Waals surface area contributed by atoms with E-state index in [0.717, 1.165) is 31.9 Å². The predicted molar refractivity (Wildman–Crippen MR) is 84.0 cm³/mol. The van der Waals surface area contributed by atoms with Crippen molar-refractivity contribution in [2.75, 3.05) is 6.61 Å². The zero-order valence-electron chi connectivity index (χ0n) is 12.4. The molecule has 0 heterocycles. The minimum atomic E-state index is 0.783. The minimum Gasteiger partial charge on any atom is -0.494 e. The Labute approximate surface area is 121 Å². The van der Waals surface area contributed by atoms with Gasteiger partial charge in [-0.3, -0.25) is 0 Å². The second kappa shape index (κ2) is 7.71. The summed E-state index contributed by atoms with van der Waals surface area (Å²) in [4.78, 5) is 0. The quantitative estimate of drug-likeness (QED) is 0.818. The molecule has 0 amide bonds. The van der Waals surface area contributed by atoms with Gasteiger partial charge in [0.1, 0.15) is 5.75 Å². The Hall–Kier alpha value is -1.80. The van der Waals surface area contributed by atoms with Gasteiger partial charge in [0.05, 0.1) is 6.61 Å². The monoisotopic (exact) mass is 269 g/mol. The Morgan fingerprint density at radius 1 is 0.950 bits per heavy atom. The first kappa shape index (κ1) is 14.6. The minimum absolute atomic E-state index is 0.783. The molecule has 1 N–H and O–H groups in total. The largest absolute Gasteiger partial charge is 0.494 e. The third-order valence-corrected chi connectivity index (χ3v) is 3.30. The predicted octanol–water partition coefficient (Wildman–Crippen LogP) is 4.07. The van der Waals surface area contributed by atoms with Crippen LogP contribution in [0.2, 0.25) is 0 Å². The van der Waals surface area contributed by atoms with Crippen molar-refractivity contribution in [1.82, 2.24) is 5.32 Å². The Bertz CT molecular complexity index is 519. The molecule has 0 saturated carbocycles. The van der Waals surface area contributed by atoms with Gasteiger partial charge in [-0.05, 0) is 42.2 Å². The summed E-state index contributed by atoms with van der Waals surface area (Å²) in [6.07, 6.45) is 1.04. The molecule has 0 aliphatic carbocycles. The van der Waals surface area contributed by atoms with Gasteiger partial charge in [0, 0.05) is 13.1 Å². The average Bonchev–Trinajstić information content (AvgIpc) is 2.48. The van der Waals surface area contributed by atoms with Gasteiger partial charge in [-0.1, -0.05) is 43.3 Å². The molecule has 20 heavy (non-hydrogen) atoms. The van der Waals surface area contributed by atoms with E-state index in [1.54, 1.807) is 0 Å². The van der Waals surface area contributed by atoms with E-state index < -0.39 is 0 Å². The van der Waals surface area contributed by atoms with Gasteiger partial charge < -0.3 is 10.1 Å². The van der Waals surface area contributed by atoms with Gasteiger partial charge in [-0.2, -0.15) is 0 Å². The fraction of sp³-hybridized carbons (Fsp3) is 0.333. The maximum absolute atomic E-state index is 5.58. The van der Waals surface area contributed by atoms with Crippen LogP contribution in [0, 0.1) is 6.92 Å². The molecule has 0 bridgehead atoms.